The fourth-order valence-electron chi connectivity index (χ4n) is 8.06. The highest BCUT2D eigenvalue weighted by Gasteiger charge is 2.17. The summed E-state index contributed by atoms with van der Waals surface area (Å²) in [6.45, 7) is 13.6. The molecule has 284 valence electrons. The van der Waals surface area contributed by atoms with Crippen molar-refractivity contribution >= 4 is 17.1 Å². The lowest BCUT2D eigenvalue weighted by atomic mass is 9.88. The zero-order valence-corrected chi connectivity index (χ0v) is 34.6. The Morgan fingerprint density at radius 2 is 0.855 bits per heavy atom. The molecule has 0 amide bonds. The van der Waals surface area contributed by atoms with Crippen molar-refractivity contribution in [3.05, 3.63) is 161 Å². The van der Waals surface area contributed by atoms with Crippen LogP contribution >= 0.6 is 0 Å². The molecule has 6 aromatic carbocycles. The van der Waals surface area contributed by atoms with Crippen molar-refractivity contribution in [2.75, 3.05) is 4.90 Å². The smallest absolute Gasteiger partial charge is 0.0464 e. The molecule has 0 fully saturated rings. The van der Waals surface area contributed by atoms with Gasteiger partial charge in [-0.2, -0.15) is 0 Å². The van der Waals surface area contributed by atoms with Crippen LogP contribution in [0.15, 0.2) is 127 Å². The van der Waals surface area contributed by atoms with Gasteiger partial charge in [0.1, 0.15) is 0 Å². The lowest BCUT2D eigenvalue weighted by Crippen LogP contribution is -2.10. The second kappa shape index (κ2) is 19.6. The van der Waals surface area contributed by atoms with Crippen LogP contribution < -0.4 is 4.90 Å². The first-order valence-electron chi connectivity index (χ1n) is 21.3. The second-order valence-electron chi connectivity index (χ2n) is 15.8. The van der Waals surface area contributed by atoms with E-state index in [1.54, 1.807) is 0 Å². The van der Waals surface area contributed by atoms with Gasteiger partial charge in [-0.25, -0.2) is 0 Å². The Morgan fingerprint density at radius 3 is 1.36 bits per heavy atom. The Balaban J connectivity index is 1.38. The minimum atomic E-state index is 1.12. The molecule has 1 heteroatoms. The molecular formula is C54H63N. The maximum absolute atomic E-state index is 2.55. The molecule has 6 aromatic rings. The summed E-state index contributed by atoms with van der Waals surface area (Å²) in [6, 6.07) is 48.3. The molecule has 0 aliphatic carbocycles. The predicted molar refractivity (Wildman–Crippen MR) is 241 cm³/mol. The Morgan fingerprint density at radius 1 is 0.364 bits per heavy atom. The number of unbranched alkanes of at least 4 members (excludes halogenated alkanes) is 6. The molecule has 0 aromatic heterocycles. The zero-order chi connectivity index (χ0) is 38.6. The molecule has 0 heterocycles. The molecule has 0 saturated carbocycles. The van der Waals surface area contributed by atoms with Gasteiger partial charge in [0.15, 0.2) is 0 Å². The molecule has 0 aliphatic rings. The van der Waals surface area contributed by atoms with Crippen molar-refractivity contribution in [2.45, 2.75) is 119 Å². The zero-order valence-electron chi connectivity index (χ0n) is 34.6. The first-order chi connectivity index (χ1) is 26.9. The van der Waals surface area contributed by atoms with Crippen molar-refractivity contribution in [2.24, 2.45) is 0 Å². The van der Waals surface area contributed by atoms with Crippen molar-refractivity contribution in [3.8, 4) is 33.4 Å². The molecule has 0 spiro atoms. The van der Waals surface area contributed by atoms with E-state index >= 15 is 0 Å². The third kappa shape index (κ3) is 10.3. The Hall–Kier alpha value is -4.88. The van der Waals surface area contributed by atoms with Crippen LogP contribution in [-0.4, -0.2) is 0 Å². The van der Waals surface area contributed by atoms with Gasteiger partial charge in [0.2, 0.25) is 0 Å². The fourth-order valence-corrected chi connectivity index (χ4v) is 8.06. The first kappa shape index (κ1) is 39.8. The molecule has 0 saturated heterocycles. The lowest BCUT2D eigenvalue weighted by molar-refractivity contribution is 0.662. The van der Waals surface area contributed by atoms with Crippen molar-refractivity contribution in [3.63, 3.8) is 0 Å². The Bertz CT molecular complexity index is 2080. The molecule has 1 nitrogen and oxygen atoms in total. The average molecular weight is 726 g/mol. The molecule has 55 heavy (non-hydrogen) atoms. The van der Waals surface area contributed by atoms with Gasteiger partial charge < -0.3 is 4.90 Å². The van der Waals surface area contributed by atoms with Gasteiger partial charge in [-0.05, 0) is 150 Å². The number of rotatable bonds is 18. The summed E-state index contributed by atoms with van der Waals surface area (Å²) in [6.07, 6.45) is 14.9. The molecule has 0 bridgehead atoms. The maximum atomic E-state index is 2.55. The van der Waals surface area contributed by atoms with Crippen molar-refractivity contribution in [1.29, 1.82) is 0 Å². The minimum Gasteiger partial charge on any atom is -0.310 e. The van der Waals surface area contributed by atoms with Crippen LogP contribution in [0.1, 0.15) is 112 Å². The largest absolute Gasteiger partial charge is 0.310 e. The number of hydrogen-bond donors (Lipinski definition) is 0. The molecular weight excluding hydrogens is 663 g/mol. The third-order valence-electron chi connectivity index (χ3n) is 11.4. The van der Waals surface area contributed by atoms with Crippen LogP contribution in [0.25, 0.3) is 33.4 Å². The molecule has 0 N–H and O–H groups in total. The van der Waals surface area contributed by atoms with Gasteiger partial charge in [0.25, 0.3) is 0 Å². The topological polar surface area (TPSA) is 3.24 Å². The summed E-state index contributed by atoms with van der Waals surface area (Å²) < 4.78 is 0. The number of nitrogens with zero attached hydrogens (tertiary/aromatic N) is 1. The Kier molecular flexibility index (Phi) is 14.2. The van der Waals surface area contributed by atoms with E-state index in [2.05, 4.69) is 174 Å². The fraction of sp³-hybridized carbons (Fsp3) is 0.333. The highest BCUT2D eigenvalue weighted by Crippen LogP contribution is 2.40. The van der Waals surface area contributed by atoms with Gasteiger partial charge in [-0.3, -0.25) is 0 Å². The SMILES string of the molecule is CCCCCCc1cc(-c2ccc(N(c3ccc(-c4ccc(C)cc4)cc3)c3ccc(-c4ccc(CCC)cc4)cc3)cc2C)c(CCCCCC)cc1C. The highest BCUT2D eigenvalue weighted by atomic mass is 15.1. The summed E-state index contributed by atoms with van der Waals surface area (Å²) in [5.74, 6) is 0. The number of anilines is 3. The van der Waals surface area contributed by atoms with E-state index in [4.69, 9.17) is 0 Å². The third-order valence-corrected chi connectivity index (χ3v) is 11.4. The second-order valence-corrected chi connectivity index (χ2v) is 15.8. The molecule has 0 atom stereocenters. The summed E-state index contributed by atoms with van der Waals surface area (Å²) in [5, 5.41) is 0. The minimum absolute atomic E-state index is 1.12. The van der Waals surface area contributed by atoms with E-state index in [9.17, 15) is 0 Å². The predicted octanol–water partition coefficient (Wildman–Crippen LogP) is 16.3. The van der Waals surface area contributed by atoms with Crippen LogP contribution in [-0.2, 0) is 19.3 Å². The molecule has 6 rings (SSSR count). The summed E-state index contributed by atoms with van der Waals surface area (Å²) in [4.78, 5) is 2.42. The summed E-state index contributed by atoms with van der Waals surface area (Å²) in [5.41, 5.74) is 19.7. The molecule has 0 radical (unpaired) electrons. The van der Waals surface area contributed by atoms with Gasteiger partial charge in [-0.1, -0.05) is 162 Å². The van der Waals surface area contributed by atoms with Crippen molar-refractivity contribution in [1.82, 2.24) is 0 Å². The standard InChI is InChI=1S/C54H63N/c1-7-10-12-14-17-48-39-54(49(37-41(48)5)18-15-13-11-8-2)53-36-35-52(38-42(53)6)55(50-31-27-46(28-32-50)44-23-19-40(4)20-24-44)51-33-29-47(30-34-51)45-25-21-43(16-9-3)22-26-45/h19-39H,7-18H2,1-6H3. The van der Waals surface area contributed by atoms with Crippen LogP contribution in [0.5, 0.6) is 0 Å². The van der Waals surface area contributed by atoms with Crippen LogP contribution in [0.3, 0.4) is 0 Å². The van der Waals surface area contributed by atoms with E-state index in [-0.39, 0.29) is 0 Å². The van der Waals surface area contributed by atoms with Gasteiger partial charge in [0, 0.05) is 17.1 Å². The molecule has 0 unspecified atom stereocenters. The maximum Gasteiger partial charge on any atom is 0.0464 e. The summed E-state index contributed by atoms with van der Waals surface area (Å²) >= 11 is 0. The van der Waals surface area contributed by atoms with E-state index in [1.807, 2.05) is 0 Å². The van der Waals surface area contributed by atoms with Gasteiger partial charge in [0.05, 0.1) is 0 Å². The number of benzene rings is 6. The normalized spacial score (nSPS) is 11.2. The highest BCUT2D eigenvalue weighted by molar-refractivity contribution is 5.82. The lowest BCUT2D eigenvalue weighted by Gasteiger charge is -2.27. The Labute approximate surface area is 333 Å². The first-order valence-corrected chi connectivity index (χ1v) is 21.3. The van der Waals surface area contributed by atoms with E-state index < -0.39 is 0 Å². The number of aryl methyl sites for hydroxylation is 6. The van der Waals surface area contributed by atoms with E-state index in [0.717, 1.165) is 30.6 Å². The van der Waals surface area contributed by atoms with E-state index in [1.165, 1.54) is 130 Å². The molecule has 0 aliphatic heterocycles. The van der Waals surface area contributed by atoms with Crippen LogP contribution in [0.2, 0.25) is 0 Å². The summed E-state index contributed by atoms with van der Waals surface area (Å²) in [7, 11) is 0. The quantitative estimate of drug-likeness (QED) is 0.0798. The van der Waals surface area contributed by atoms with Crippen molar-refractivity contribution < 1.29 is 0 Å². The van der Waals surface area contributed by atoms with Crippen LogP contribution in [0.4, 0.5) is 17.1 Å². The monoisotopic (exact) mass is 725 g/mol. The average Bonchev–Trinajstić information content (AvgIpc) is 3.20. The number of hydrogen-bond acceptors (Lipinski definition) is 1. The van der Waals surface area contributed by atoms with Gasteiger partial charge in [-0.15, -0.1) is 0 Å². The van der Waals surface area contributed by atoms with Crippen LogP contribution in [0, 0.1) is 20.8 Å². The van der Waals surface area contributed by atoms with E-state index in [0.29, 0.717) is 0 Å². The van der Waals surface area contributed by atoms with Gasteiger partial charge >= 0.3 is 0 Å².